The van der Waals surface area contributed by atoms with Crippen LogP contribution in [0.25, 0.3) is 5.69 Å². The van der Waals surface area contributed by atoms with E-state index in [0.717, 1.165) is 5.69 Å². The number of nitrogens with two attached hydrogens (primary N) is 2. The van der Waals surface area contributed by atoms with Crippen molar-refractivity contribution in [1.29, 1.82) is 0 Å². The Morgan fingerprint density at radius 1 is 1.17 bits per heavy atom. The van der Waals surface area contributed by atoms with Crippen molar-refractivity contribution in [3.63, 3.8) is 0 Å². The Hall–Kier alpha value is -4.15. The number of benzene rings is 1. The third-order valence-electron chi connectivity index (χ3n) is 4.33. The van der Waals surface area contributed by atoms with E-state index in [1.165, 1.54) is 0 Å². The van der Waals surface area contributed by atoms with Gasteiger partial charge in [-0.15, -0.1) is 0 Å². The summed E-state index contributed by atoms with van der Waals surface area (Å²) in [6.07, 6.45) is 3.46. The Morgan fingerprint density at radius 2 is 1.87 bits per heavy atom. The molecule has 0 aliphatic heterocycles. The molecule has 1 aromatic carbocycles. The molecule has 0 saturated heterocycles. The quantitative estimate of drug-likeness (QED) is 0.363. The molecule has 7 N–H and O–H groups in total. The number of hydrogen-bond acceptors (Lipinski definition) is 7. The van der Waals surface area contributed by atoms with Gasteiger partial charge in [0.1, 0.15) is 11.6 Å². The first kappa shape index (κ1) is 20.6. The fourth-order valence-corrected chi connectivity index (χ4v) is 2.83. The van der Waals surface area contributed by atoms with Crippen molar-refractivity contribution in [1.82, 2.24) is 19.7 Å². The monoisotopic (exact) mass is 410 g/mol. The first-order valence-corrected chi connectivity index (χ1v) is 9.13. The van der Waals surface area contributed by atoms with E-state index in [9.17, 15) is 14.4 Å². The summed E-state index contributed by atoms with van der Waals surface area (Å²) in [5.41, 5.74) is 11.1. The number of nitrogens with zero attached hydrogens (tertiary/aromatic N) is 3. The number of nitrogens with one attached hydrogen (secondary N) is 3. The lowest BCUT2D eigenvalue weighted by Crippen LogP contribution is -2.40. The lowest BCUT2D eigenvalue weighted by Gasteiger charge is -2.20. The van der Waals surface area contributed by atoms with Crippen LogP contribution in [0.1, 0.15) is 24.2 Å². The standard InChI is InChI=1S/C19H22N8O3/c1-10(2)14(16(21)29)24-19-25-17(13(15(20)28)18(30)26-19)23-11-4-6-12(7-5-11)27-9-3-8-22-27/h3-10,14H,1-2H3,(H2,20,28)(H2,21,29)(H3,23,24,25,26,30). The van der Waals surface area contributed by atoms with Crippen molar-refractivity contribution in [3.05, 3.63) is 58.6 Å². The zero-order chi connectivity index (χ0) is 21.8. The first-order chi connectivity index (χ1) is 14.3. The normalized spacial score (nSPS) is 11.8. The Labute approximate surface area is 171 Å². The van der Waals surface area contributed by atoms with Gasteiger partial charge in [0.05, 0.1) is 5.69 Å². The Kier molecular flexibility index (Phi) is 5.81. The van der Waals surface area contributed by atoms with Crippen LogP contribution in [0.15, 0.2) is 47.5 Å². The molecule has 30 heavy (non-hydrogen) atoms. The van der Waals surface area contributed by atoms with Gasteiger partial charge < -0.3 is 22.1 Å². The molecule has 2 heterocycles. The maximum Gasteiger partial charge on any atom is 0.267 e. The van der Waals surface area contributed by atoms with Crippen LogP contribution in [0.5, 0.6) is 0 Å². The average molecular weight is 410 g/mol. The number of anilines is 3. The number of carbonyl (C=O) groups is 2. The second kappa shape index (κ2) is 8.47. The minimum Gasteiger partial charge on any atom is -0.368 e. The number of aromatic nitrogens is 4. The SMILES string of the molecule is CC(C)C(Nc1nc(Nc2ccc(-n3cccn3)cc2)c(C(N)=O)c(=O)[nH]1)C(N)=O. The zero-order valence-electron chi connectivity index (χ0n) is 16.4. The van der Waals surface area contributed by atoms with Crippen molar-refractivity contribution in [2.75, 3.05) is 10.6 Å². The van der Waals surface area contributed by atoms with Crippen molar-refractivity contribution in [3.8, 4) is 5.69 Å². The van der Waals surface area contributed by atoms with Crippen LogP contribution in [0, 0.1) is 5.92 Å². The molecule has 2 aromatic heterocycles. The van der Waals surface area contributed by atoms with E-state index in [2.05, 4.69) is 25.7 Å². The minimum atomic E-state index is -0.943. The smallest absolute Gasteiger partial charge is 0.267 e. The third kappa shape index (κ3) is 4.46. The van der Waals surface area contributed by atoms with E-state index in [1.807, 2.05) is 0 Å². The van der Waals surface area contributed by atoms with E-state index in [0.29, 0.717) is 5.69 Å². The van der Waals surface area contributed by atoms with Crippen LogP contribution in [0.3, 0.4) is 0 Å². The molecule has 0 aliphatic carbocycles. The van der Waals surface area contributed by atoms with Crippen molar-refractivity contribution >= 4 is 29.3 Å². The lowest BCUT2D eigenvalue weighted by molar-refractivity contribution is -0.119. The molecular weight excluding hydrogens is 388 g/mol. The Balaban J connectivity index is 1.94. The van der Waals surface area contributed by atoms with Gasteiger partial charge in [0.2, 0.25) is 11.9 Å². The van der Waals surface area contributed by atoms with Gasteiger partial charge in [-0.2, -0.15) is 10.1 Å². The number of hydrogen-bond donors (Lipinski definition) is 5. The van der Waals surface area contributed by atoms with Gasteiger partial charge in [-0.25, -0.2) is 4.68 Å². The summed E-state index contributed by atoms with van der Waals surface area (Å²) in [7, 11) is 0. The van der Waals surface area contributed by atoms with Crippen LogP contribution >= 0.6 is 0 Å². The van der Waals surface area contributed by atoms with E-state index in [-0.39, 0.29) is 23.2 Å². The number of rotatable bonds is 8. The maximum atomic E-state index is 12.4. The van der Waals surface area contributed by atoms with Gasteiger partial charge in [0.25, 0.3) is 11.5 Å². The van der Waals surface area contributed by atoms with Crippen LogP contribution in [0.4, 0.5) is 17.5 Å². The topological polar surface area (TPSA) is 174 Å². The molecule has 11 nitrogen and oxygen atoms in total. The fraction of sp³-hybridized carbons (Fsp3) is 0.211. The molecule has 2 amide bonds. The van der Waals surface area contributed by atoms with Crippen LogP contribution < -0.4 is 27.7 Å². The molecule has 3 aromatic rings. The van der Waals surface area contributed by atoms with Crippen LogP contribution in [-0.4, -0.2) is 37.6 Å². The summed E-state index contributed by atoms with van der Waals surface area (Å²) in [5.74, 6) is -1.77. The van der Waals surface area contributed by atoms with Gasteiger partial charge in [-0.1, -0.05) is 13.8 Å². The minimum absolute atomic E-state index is 0.0156. The van der Waals surface area contributed by atoms with Gasteiger partial charge in [0.15, 0.2) is 5.82 Å². The highest BCUT2D eigenvalue weighted by Gasteiger charge is 2.22. The summed E-state index contributed by atoms with van der Waals surface area (Å²) in [5, 5.41) is 9.86. The second-order valence-electron chi connectivity index (χ2n) is 6.89. The summed E-state index contributed by atoms with van der Waals surface area (Å²) in [4.78, 5) is 42.5. The molecular formula is C19H22N8O3. The van der Waals surface area contributed by atoms with E-state index < -0.39 is 23.4 Å². The summed E-state index contributed by atoms with van der Waals surface area (Å²) >= 11 is 0. The van der Waals surface area contributed by atoms with Gasteiger partial charge in [-0.3, -0.25) is 19.4 Å². The molecule has 0 bridgehead atoms. The van der Waals surface area contributed by atoms with Crippen LogP contribution in [0.2, 0.25) is 0 Å². The van der Waals surface area contributed by atoms with Gasteiger partial charge >= 0.3 is 0 Å². The molecule has 3 rings (SSSR count). The van der Waals surface area contributed by atoms with Crippen molar-refractivity contribution in [2.24, 2.45) is 17.4 Å². The molecule has 0 aliphatic rings. The zero-order valence-corrected chi connectivity index (χ0v) is 16.4. The molecule has 156 valence electrons. The summed E-state index contributed by atoms with van der Waals surface area (Å²) < 4.78 is 1.68. The van der Waals surface area contributed by atoms with Crippen LogP contribution in [-0.2, 0) is 4.79 Å². The Bertz CT molecular complexity index is 1100. The third-order valence-corrected chi connectivity index (χ3v) is 4.33. The first-order valence-electron chi connectivity index (χ1n) is 9.13. The van der Waals surface area contributed by atoms with Crippen molar-refractivity contribution in [2.45, 2.75) is 19.9 Å². The van der Waals surface area contributed by atoms with E-state index in [1.54, 1.807) is 61.3 Å². The molecule has 11 heteroatoms. The molecule has 1 atom stereocenters. The molecule has 1 unspecified atom stereocenters. The largest absolute Gasteiger partial charge is 0.368 e. The number of primary amides is 2. The summed E-state index contributed by atoms with van der Waals surface area (Å²) in [6.45, 7) is 3.58. The highest BCUT2D eigenvalue weighted by atomic mass is 16.2. The molecule has 0 fully saturated rings. The van der Waals surface area contributed by atoms with Gasteiger partial charge in [0, 0.05) is 18.1 Å². The fourth-order valence-electron chi connectivity index (χ4n) is 2.83. The Morgan fingerprint density at radius 3 is 2.40 bits per heavy atom. The second-order valence-corrected chi connectivity index (χ2v) is 6.89. The number of amides is 2. The number of H-pyrrole nitrogens is 1. The summed E-state index contributed by atoms with van der Waals surface area (Å²) in [6, 6.07) is 8.10. The van der Waals surface area contributed by atoms with Crippen molar-refractivity contribution < 1.29 is 9.59 Å². The molecule has 0 radical (unpaired) electrons. The predicted octanol–water partition coefficient (Wildman–Crippen LogP) is 0.720. The molecule has 0 saturated carbocycles. The average Bonchev–Trinajstić information content (AvgIpc) is 3.20. The lowest BCUT2D eigenvalue weighted by atomic mass is 10.0. The predicted molar refractivity (Wildman–Crippen MR) is 112 cm³/mol. The van der Waals surface area contributed by atoms with E-state index >= 15 is 0 Å². The number of aromatic amines is 1. The van der Waals surface area contributed by atoms with E-state index in [4.69, 9.17) is 11.5 Å². The number of carbonyl (C=O) groups excluding carboxylic acids is 2. The maximum absolute atomic E-state index is 12.4. The highest BCUT2D eigenvalue weighted by Crippen LogP contribution is 2.20. The highest BCUT2D eigenvalue weighted by molar-refractivity contribution is 5.98. The molecule has 0 spiro atoms. The van der Waals surface area contributed by atoms with Gasteiger partial charge in [-0.05, 0) is 36.2 Å².